The van der Waals surface area contributed by atoms with Crippen LogP contribution in [0, 0.1) is 0 Å². The van der Waals surface area contributed by atoms with Gasteiger partial charge in [-0.1, -0.05) is 64.3 Å². The fraction of sp³-hybridized carbons (Fsp3) is 0.529. The van der Waals surface area contributed by atoms with Crippen molar-refractivity contribution in [2.75, 3.05) is 0 Å². The molecule has 1 heteroatoms. The number of fused-ring (bicyclic) bond motifs is 1. The molecule has 18 heavy (non-hydrogen) atoms. The molecule has 0 unspecified atom stereocenters. The molecule has 0 amide bonds. The molecule has 98 valence electrons. The Morgan fingerprint density at radius 2 is 1.78 bits per heavy atom. The van der Waals surface area contributed by atoms with Gasteiger partial charge in [-0.15, -0.1) is 0 Å². The highest BCUT2D eigenvalue weighted by atomic mass is 127. The van der Waals surface area contributed by atoms with Gasteiger partial charge >= 0.3 is 0 Å². The number of rotatable bonds is 5. The second-order valence-corrected chi connectivity index (χ2v) is 6.85. The summed E-state index contributed by atoms with van der Waals surface area (Å²) in [5, 5.41) is 0. The van der Waals surface area contributed by atoms with Gasteiger partial charge in [-0.2, -0.15) is 0 Å². The lowest BCUT2D eigenvalue weighted by atomic mass is 9.79. The van der Waals surface area contributed by atoms with Crippen molar-refractivity contribution in [2.24, 2.45) is 0 Å². The summed E-state index contributed by atoms with van der Waals surface area (Å²) < 4.78 is 1.50. The lowest BCUT2D eigenvalue weighted by Crippen LogP contribution is -2.17. The van der Waals surface area contributed by atoms with Crippen LogP contribution < -0.4 is 0 Å². The first kappa shape index (κ1) is 14.1. The SMILES string of the molecule is CCCCCCC1=C(I)c2ccccc2C1(C)C. The summed E-state index contributed by atoms with van der Waals surface area (Å²) in [7, 11) is 0. The van der Waals surface area contributed by atoms with Gasteiger partial charge in [0.2, 0.25) is 0 Å². The number of hydrogen-bond donors (Lipinski definition) is 0. The minimum Gasteiger partial charge on any atom is -0.0654 e. The van der Waals surface area contributed by atoms with E-state index in [1.807, 2.05) is 0 Å². The largest absolute Gasteiger partial charge is 0.0654 e. The van der Waals surface area contributed by atoms with Crippen molar-refractivity contribution in [2.45, 2.75) is 58.3 Å². The predicted octanol–water partition coefficient (Wildman–Crippen LogP) is 6.09. The molecule has 1 aliphatic carbocycles. The highest BCUT2D eigenvalue weighted by Crippen LogP contribution is 2.50. The first-order chi connectivity index (χ1) is 8.59. The number of benzene rings is 1. The van der Waals surface area contributed by atoms with Gasteiger partial charge in [0.15, 0.2) is 0 Å². The zero-order chi connectivity index (χ0) is 13.2. The topological polar surface area (TPSA) is 0 Å². The van der Waals surface area contributed by atoms with Crippen molar-refractivity contribution >= 4 is 26.2 Å². The van der Waals surface area contributed by atoms with E-state index >= 15 is 0 Å². The van der Waals surface area contributed by atoms with E-state index in [1.165, 1.54) is 46.8 Å². The Bertz CT molecular complexity index is 454. The van der Waals surface area contributed by atoms with Crippen molar-refractivity contribution in [1.82, 2.24) is 0 Å². The molecule has 0 saturated heterocycles. The summed E-state index contributed by atoms with van der Waals surface area (Å²) in [6, 6.07) is 8.91. The highest BCUT2D eigenvalue weighted by molar-refractivity contribution is 14.1. The normalized spacial score (nSPS) is 17.1. The summed E-state index contributed by atoms with van der Waals surface area (Å²) in [6.07, 6.45) is 6.67. The Balaban J connectivity index is 2.19. The molecule has 0 atom stereocenters. The molecule has 0 nitrogen and oxygen atoms in total. The van der Waals surface area contributed by atoms with Crippen LogP contribution in [0.5, 0.6) is 0 Å². The first-order valence-corrected chi connectivity index (χ1v) is 8.16. The van der Waals surface area contributed by atoms with Crippen LogP contribution in [0.25, 0.3) is 3.58 Å². The van der Waals surface area contributed by atoms with Crippen LogP contribution in [-0.4, -0.2) is 0 Å². The van der Waals surface area contributed by atoms with Crippen molar-refractivity contribution in [3.63, 3.8) is 0 Å². The Labute approximate surface area is 125 Å². The molecular weight excluding hydrogens is 331 g/mol. The second kappa shape index (κ2) is 5.77. The van der Waals surface area contributed by atoms with Gasteiger partial charge in [0.25, 0.3) is 0 Å². The van der Waals surface area contributed by atoms with E-state index in [-0.39, 0.29) is 5.41 Å². The summed E-state index contributed by atoms with van der Waals surface area (Å²) in [5.41, 5.74) is 4.87. The van der Waals surface area contributed by atoms with E-state index in [2.05, 4.69) is 67.6 Å². The first-order valence-electron chi connectivity index (χ1n) is 7.08. The molecule has 1 aliphatic rings. The van der Waals surface area contributed by atoms with Crippen LogP contribution in [-0.2, 0) is 5.41 Å². The third-order valence-corrected chi connectivity index (χ3v) is 5.37. The average Bonchev–Trinajstić information content (AvgIpc) is 2.55. The van der Waals surface area contributed by atoms with Crippen LogP contribution in [0.1, 0.15) is 64.0 Å². The Morgan fingerprint density at radius 1 is 1.06 bits per heavy atom. The summed E-state index contributed by atoms with van der Waals surface area (Å²) in [6.45, 7) is 7.04. The molecule has 0 bridgehead atoms. The Morgan fingerprint density at radius 3 is 2.44 bits per heavy atom. The molecule has 1 aromatic carbocycles. The Hall–Kier alpha value is -0.310. The molecular formula is C17H23I. The zero-order valence-corrected chi connectivity index (χ0v) is 13.9. The van der Waals surface area contributed by atoms with Crippen LogP contribution in [0.4, 0.5) is 0 Å². The highest BCUT2D eigenvalue weighted by Gasteiger charge is 2.35. The molecule has 1 aromatic rings. The van der Waals surface area contributed by atoms with Gasteiger partial charge in [0.1, 0.15) is 0 Å². The molecule has 0 aliphatic heterocycles. The maximum absolute atomic E-state index is 2.55. The van der Waals surface area contributed by atoms with Crippen molar-refractivity contribution in [3.05, 3.63) is 41.0 Å². The number of unbranched alkanes of at least 4 members (excludes halogenated alkanes) is 3. The maximum atomic E-state index is 2.55. The standard InChI is InChI=1S/C17H23I/c1-4-5-6-7-12-15-16(18)13-10-8-9-11-14(13)17(15,2)3/h8-11H,4-7,12H2,1-3H3. The third kappa shape index (κ3) is 2.52. The fourth-order valence-electron chi connectivity index (χ4n) is 2.97. The molecule has 0 saturated carbocycles. The summed E-state index contributed by atoms with van der Waals surface area (Å²) in [5.74, 6) is 0. The number of halogens is 1. The maximum Gasteiger partial charge on any atom is 0.0206 e. The van der Waals surface area contributed by atoms with Gasteiger partial charge in [-0.25, -0.2) is 0 Å². The lowest BCUT2D eigenvalue weighted by molar-refractivity contribution is 0.576. The van der Waals surface area contributed by atoms with Crippen LogP contribution in [0.15, 0.2) is 29.8 Å². The Kier molecular flexibility index (Phi) is 4.52. The van der Waals surface area contributed by atoms with Crippen LogP contribution >= 0.6 is 22.6 Å². The van der Waals surface area contributed by atoms with Gasteiger partial charge in [-0.3, -0.25) is 0 Å². The lowest BCUT2D eigenvalue weighted by Gasteiger charge is -2.24. The zero-order valence-electron chi connectivity index (χ0n) is 11.7. The second-order valence-electron chi connectivity index (χ2n) is 5.77. The molecule has 0 fully saturated rings. The van der Waals surface area contributed by atoms with Crippen molar-refractivity contribution in [3.8, 4) is 0 Å². The van der Waals surface area contributed by atoms with Crippen molar-refractivity contribution in [1.29, 1.82) is 0 Å². The van der Waals surface area contributed by atoms with E-state index < -0.39 is 0 Å². The molecule has 0 N–H and O–H groups in total. The number of allylic oxidation sites excluding steroid dienone is 1. The van der Waals surface area contributed by atoms with Gasteiger partial charge < -0.3 is 0 Å². The van der Waals surface area contributed by atoms with Gasteiger partial charge in [0.05, 0.1) is 0 Å². The molecule has 0 radical (unpaired) electrons. The number of hydrogen-bond acceptors (Lipinski definition) is 0. The minimum absolute atomic E-state index is 0.235. The van der Waals surface area contributed by atoms with Crippen LogP contribution in [0.3, 0.4) is 0 Å². The monoisotopic (exact) mass is 354 g/mol. The van der Waals surface area contributed by atoms with E-state index in [9.17, 15) is 0 Å². The van der Waals surface area contributed by atoms with E-state index in [4.69, 9.17) is 0 Å². The fourth-order valence-corrected chi connectivity index (χ4v) is 4.38. The summed E-state index contributed by atoms with van der Waals surface area (Å²) in [4.78, 5) is 0. The third-order valence-electron chi connectivity index (χ3n) is 4.14. The quantitative estimate of drug-likeness (QED) is 0.443. The summed E-state index contributed by atoms with van der Waals surface area (Å²) >= 11 is 2.55. The predicted molar refractivity (Wildman–Crippen MR) is 89.2 cm³/mol. The van der Waals surface area contributed by atoms with E-state index in [1.54, 1.807) is 5.57 Å². The van der Waals surface area contributed by atoms with Crippen molar-refractivity contribution < 1.29 is 0 Å². The molecule has 0 aromatic heterocycles. The van der Waals surface area contributed by atoms with E-state index in [0.29, 0.717) is 0 Å². The minimum atomic E-state index is 0.235. The van der Waals surface area contributed by atoms with Crippen LogP contribution in [0.2, 0.25) is 0 Å². The molecule has 0 heterocycles. The molecule has 2 rings (SSSR count). The van der Waals surface area contributed by atoms with E-state index in [0.717, 1.165) is 0 Å². The van der Waals surface area contributed by atoms with Gasteiger partial charge in [0, 0.05) is 8.99 Å². The smallest absolute Gasteiger partial charge is 0.0206 e. The van der Waals surface area contributed by atoms with Gasteiger partial charge in [-0.05, 0) is 52.1 Å². The average molecular weight is 354 g/mol. The molecule has 0 spiro atoms.